The van der Waals surface area contributed by atoms with Gasteiger partial charge in [0, 0.05) is 10.9 Å². The Morgan fingerprint density at radius 3 is 2.69 bits per heavy atom. The summed E-state index contributed by atoms with van der Waals surface area (Å²) in [5, 5.41) is 19.2. The maximum absolute atomic E-state index is 12.7. The van der Waals surface area contributed by atoms with Crippen molar-refractivity contribution in [1.29, 1.82) is 5.26 Å². The zero-order valence-corrected chi connectivity index (χ0v) is 9.24. The minimum atomic E-state index is -2.95. The van der Waals surface area contributed by atoms with Crippen LogP contribution in [0.5, 0.6) is 0 Å². The molecule has 0 amide bonds. The van der Waals surface area contributed by atoms with E-state index in [2.05, 4.69) is 20.9 Å². The summed E-state index contributed by atoms with van der Waals surface area (Å²) in [6.45, 7) is 0. The van der Waals surface area contributed by atoms with E-state index in [1.165, 1.54) is 6.07 Å². The standard InChI is InChI=1S/C8H4BrF2N3O2/c9-1-4-3-13-8(14(15)16)5(2-12)6(4)7(10)11/h3,7H,1H2. The second-order valence-corrected chi connectivity index (χ2v) is 3.26. The number of nitro groups is 1. The highest BCUT2D eigenvalue weighted by Gasteiger charge is 2.27. The maximum Gasteiger partial charge on any atom is 0.381 e. The first-order chi connectivity index (χ1) is 7.52. The summed E-state index contributed by atoms with van der Waals surface area (Å²) in [4.78, 5) is 12.9. The lowest BCUT2D eigenvalue weighted by Crippen LogP contribution is -2.04. The molecule has 0 radical (unpaired) electrons. The Kier molecular flexibility index (Phi) is 3.84. The molecule has 5 nitrogen and oxygen atoms in total. The fourth-order valence-corrected chi connectivity index (χ4v) is 1.61. The number of aromatic nitrogens is 1. The monoisotopic (exact) mass is 291 g/mol. The van der Waals surface area contributed by atoms with Crippen molar-refractivity contribution in [2.24, 2.45) is 0 Å². The van der Waals surface area contributed by atoms with E-state index in [9.17, 15) is 18.9 Å². The fraction of sp³-hybridized carbons (Fsp3) is 0.250. The second-order valence-electron chi connectivity index (χ2n) is 2.70. The summed E-state index contributed by atoms with van der Waals surface area (Å²) < 4.78 is 25.4. The molecule has 0 saturated heterocycles. The van der Waals surface area contributed by atoms with E-state index in [0.717, 1.165) is 6.20 Å². The van der Waals surface area contributed by atoms with Crippen LogP contribution in [0.1, 0.15) is 23.1 Å². The molecule has 0 atom stereocenters. The lowest BCUT2D eigenvalue weighted by molar-refractivity contribution is -0.389. The highest BCUT2D eigenvalue weighted by atomic mass is 79.9. The number of rotatable bonds is 3. The number of halogens is 3. The van der Waals surface area contributed by atoms with Crippen molar-refractivity contribution in [1.82, 2.24) is 4.98 Å². The molecule has 0 saturated carbocycles. The van der Waals surface area contributed by atoms with Crippen LogP contribution in [0.15, 0.2) is 6.20 Å². The van der Waals surface area contributed by atoms with E-state index in [0.29, 0.717) is 0 Å². The Hall–Kier alpha value is -1.62. The average Bonchev–Trinajstić information content (AvgIpc) is 2.26. The van der Waals surface area contributed by atoms with Gasteiger partial charge in [-0.2, -0.15) is 5.26 Å². The number of hydrogen-bond donors (Lipinski definition) is 0. The molecule has 0 spiro atoms. The Bertz CT molecular complexity index is 473. The van der Waals surface area contributed by atoms with Crippen molar-refractivity contribution >= 4 is 21.7 Å². The van der Waals surface area contributed by atoms with Crippen LogP contribution in [0.25, 0.3) is 0 Å². The van der Waals surface area contributed by atoms with E-state index < -0.39 is 28.3 Å². The van der Waals surface area contributed by atoms with Gasteiger partial charge in [-0.3, -0.25) is 0 Å². The van der Waals surface area contributed by atoms with Crippen molar-refractivity contribution in [2.75, 3.05) is 0 Å². The average molecular weight is 292 g/mol. The third-order valence-corrected chi connectivity index (χ3v) is 2.43. The molecule has 1 aromatic heterocycles. The van der Waals surface area contributed by atoms with E-state index in [1.807, 2.05) is 0 Å². The van der Waals surface area contributed by atoms with Crippen molar-refractivity contribution in [2.45, 2.75) is 11.8 Å². The van der Waals surface area contributed by atoms with Gasteiger partial charge in [0.2, 0.25) is 0 Å². The molecule has 0 N–H and O–H groups in total. The molecule has 0 aromatic carbocycles. The minimum Gasteiger partial charge on any atom is -0.358 e. The lowest BCUT2D eigenvalue weighted by atomic mass is 10.1. The predicted octanol–water partition coefficient (Wildman–Crippen LogP) is 2.69. The van der Waals surface area contributed by atoms with Crippen molar-refractivity contribution in [3.8, 4) is 6.07 Å². The molecule has 0 aliphatic carbocycles. The Morgan fingerprint density at radius 1 is 1.69 bits per heavy atom. The van der Waals surface area contributed by atoms with E-state index in [1.54, 1.807) is 0 Å². The minimum absolute atomic E-state index is 0.0480. The molecular weight excluding hydrogens is 288 g/mol. The molecular formula is C8H4BrF2N3O2. The van der Waals surface area contributed by atoms with Gasteiger partial charge < -0.3 is 10.1 Å². The molecule has 8 heteroatoms. The molecule has 0 fully saturated rings. The van der Waals surface area contributed by atoms with Crippen LogP contribution < -0.4 is 0 Å². The van der Waals surface area contributed by atoms with Gasteiger partial charge in [-0.15, -0.1) is 0 Å². The summed E-state index contributed by atoms with van der Waals surface area (Å²) in [6, 6.07) is 1.40. The van der Waals surface area contributed by atoms with E-state index in [4.69, 9.17) is 5.26 Å². The SMILES string of the molecule is N#Cc1c([N+](=O)[O-])ncc(CBr)c1C(F)F. The largest absolute Gasteiger partial charge is 0.381 e. The van der Waals surface area contributed by atoms with Crippen molar-refractivity contribution in [3.63, 3.8) is 0 Å². The number of pyridine rings is 1. The van der Waals surface area contributed by atoms with Crippen LogP contribution in [0.3, 0.4) is 0 Å². The van der Waals surface area contributed by atoms with Crippen LogP contribution in [-0.2, 0) is 5.33 Å². The molecule has 1 heterocycles. The second kappa shape index (κ2) is 4.94. The first-order valence-corrected chi connectivity index (χ1v) is 5.05. The number of nitriles is 1. The Labute approximate surface area is 97.0 Å². The summed E-state index contributed by atoms with van der Waals surface area (Å²) in [5.41, 5.74) is -1.25. The fourth-order valence-electron chi connectivity index (χ4n) is 1.16. The highest BCUT2D eigenvalue weighted by Crippen LogP contribution is 2.31. The van der Waals surface area contributed by atoms with Gasteiger partial charge >= 0.3 is 5.82 Å². The van der Waals surface area contributed by atoms with Crippen molar-refractivity contribution < 1.29 is 13.7 Å². The summed E-state index contributed by atoms with van der Waals surface area (Å²) >= 11 is 2.95. The van der Waals surface area contributed by atoms with Crippen LogP contribution in [0, 0.1) is 21.4 Å². The van der Waals surface area contributed by atoms with E-state index >= 15 is 0 Å². The lowest BCUT2D eigenvalue weighted by Gasteiger charge is -2.06. The molecule has 0 aliphatic rings. The van der Waals surface area contributed by atoms with Crippen LogP contribution in [0.2, 0.25) is 0 Å². The molecule has 1 rings (SSSR count). The highest BCUT2D eigenvalue weighted by molar-refractivity contribution is 9.08. The molecule has 0 bridgehead atoms. The molecule has 0 aliphatic heterocycles. The third kappa shape index (κ3) is 2.14. The first-order valence-electron chi connectivity index (χ1n) is 3.93. The molecule has 16 heavy (non-hydrogen) atoms. The van der Waals surface area contributed by atoms with Crippen molar-refractivity contribution in [3.05, 3.63) is 33.0 Å². The summed E-state index contributed by atoms with van der Waals surface area (Å²) in [6.07, 6.45) is -1.99. The zero-order chi connectivity index (χ0) is 12.3. The number of alkyl halides is 3. The van der Waals surface area contributed by atoms with Crippen LogP contribution in [0.4, 0.5) is 14.6 Å². The molecule has 0 unspecified atom stereocenters. The van der Waals surface area contributed by atoms with Gasteiger partial charge in [-0.25, -0.2) is 8.78 Å². The molecule has 1 aromatic rings. The zero-order valence-electron chi connectivity index (χ0n) is 7.65. The van der Waals surface area contributed by atoms with Gasteiger partial charge in [0.1, 0.15) is 12.3 Å². The smallest absolute Gasteiger partial charge is 0.358 e. The van der Waals surface area contributed by atoms with Crippen LogP contribution in [-0.4, -0.2) is 9.91 Å². The Balaban J connectivity index is 3.58. The van der Waals surface area contributed by atoms with Gasteiger partial charge in [0.05, 0.1) is 5.56 Å². The number of nitrogens with zero attached hydrogens (tertiary/aromatic N) is 3. The number of hydrogen-bond acceptors (Lipinski definition) is 4. The van der Waals surface area contributed by atoms with Crippen LogP contribution >= 0.6 is 15.9 Å². The maximum atomic E-state index is 12.7. The predicted molar refractivity (Wildman–Crippen MR) is 53.2 cm³/mol. The van der Waals surface area contributed by atoms with Gasteiger partial charge in [-0.05, 0) is 9.91 Å². The summed E-state index contributed by atoms with van der Waals surface area (Å²) in [7, 11) is 0. The normalized spacial score (nSPS) is 10.2. The Morgan fingerprint density at radius 2 is 2.31 bits per heavy atom. The topological polar surface area (TPSA) is 79.8 Å². The van der Waals surface area contributed by atoms with Gasteiger partial charge in [-0.1, -0.05) is 15.9 Å². The first kappa shape index (κ1) is 12.4. The van der Waals surface area contributed by atoms with Gasteiger partial charge in [0.15, 0.2) is 5.56 Å². The third-order valence-electron chi connectivity index (χ3n) is 1.83. The summed E-state index contributed by atoms with van der Waals surface area (Å²) in [5.74, 6) is -0.845. The molecule has 84 valence electrons. The quantitative estimate of drug-likeness (QED) is 0.487. The van der Waals surface area contributed by atoms with E-state index in [-0.39, 0.29) is 10.9 Å². The van der Waals surface area contributed by atoms with Gasteiger partial charge in [0.25, 0.3) is 6.43 Å².